The number of carboxylic acid groups (broad SMARTS) is 1. The van der Waals surface area contributed by atoms with Crippen molar-refractivity contribution in [3.05, 3.63) is 17.5 Å². The highest BCUT2D eigenvalue weighted by atomic mass is 16.4. The highest BCUT2D eigenvalue weighted by molar-refractivity contribution is 5.75. The van der Waals surface area contributed by atoms with Gasteiger partial charge in [0.05, 0.1) is 6.20 Å². The number of aryl methyl sites for hydroxylation is 1. The van der Waals surface area contributed by atoms with E-state index in [2.05, 4.69) is 10.2 Å². The van der Waals surface area contributed by atoms with Crippen molar-refractivity contribution in [3.8, 4) is 0 Å². The molecule has 0 saturated heterocycles. The highest BCUT2D eigenvalue weighted by Crippen LogP contribution is 2.11. The van der Waals surface area contributed by atoms with Crippen LogP contribution in [0.4, 0.5) is 0 Å². The Bertz CT molecular complexity index is 269. The molecule has 1 aromatic rings. The Hall–Kier alpha value is -1.36. The topological polar surface area (TPSA) is 92.0 Å². The number of hydrogen-bond donors (Lipinski definition) is 3. The van der Waals surface area contributed by atoms with Crippen molar-refractivity contribution >= 4 is 5.97 Å². The SMILES string of the molecule is Cc1[nH]ncc1C(N)C(=O)O. The fourth-order valence-corrected chi connectivity index (χ4v) is 0.807. The maximum atomic E-state index is 10.4. The first-order valence-electron chi connectivity index (χ1n) is 3.11. The smallest absolute Gasteiger partial charge is 0.325 e. The lowest BCUT2D eigenvalue weighted by atomic mass is 10.1. The van der Waals surface area contributed by atoms with Gasteiger partial charge in [-0.15, -0.1) is 0 Å². The van der Waals surface area contributed by atoms with Gasteiger partial charge in [0.2, 0.25) is 0 Å². The highest BCUT2D eigenvalue weighted by Gasteiger charge is 2.17. The quantitative estimate of drug-likeness (QED) is 0.551. The number of carbonyl (C=O) groups is 1. The Morgan fingerprint density at radius 1 is 1.91 bits per heavy atom. The molecule has 4 N–H and O–H groups in total. The monoisotopic (exact) mass is 155 g/mol. The summed E-state index contributed by atoms with van der Waals surface area (Å²) in [6.07, 6.45) is 1.42. The van der Waals surface area contributed by atoms with E-state index in [1.54, 1.807) is 6.92 Å². The lowest BCUT2D eigenvalue weighted by Crippen LogP contribution is -2.20. The van der Waals surface area contributed by atoms with Crippen LogP contribution in [-0.4, -0.2) is 21.3 Å². The Balaban J connectivity index is 2.92. The van der Waals surface area contributed by atoms with E-state index in [9.17, 15) is 4.79 Å². The van der Waals surface area contributed by atoms with E-state index >= 15 is 0 Å². The largest absolute Gasteiger partial charge is 0.480 e. The maximum absolute atomic E-state index is 10.4. The molecule has 60 valence electrons. The van der Waals surface area contributed by atoms with Gasteiger partial charge in [-0.05, 0) is 6.92 Å². The van der Waals surface area contributed by atoms with Crippen LogP contribution in [0.15, 0.2) is 6.20 Å². The fraction of sp³-hybridized carbons (Fsp3) is 0.333. The molecule has 0 aliphatic rings. The number of aromatic nitrogens is 2. The Morgan fingerprint density at radius 3 is 2.91 bits per heavy atom. The zero-order valence-electron chi connectivity index (χ0n) is 6.03. The average molecular weight is 155 g/mol. The van der Waals surface area contributed by atoms with E-state index in [1.807, 2.05) is 0 Å². The van der Waals surface area contributed by atoms with Crippen LogP contribution in [0.25, 0.3) is 0 Å². The molecule has 0 amide bonds. The van der Waals surface area contributed by atoms with Crippen molar-refractivity contribution in [1.29, 1.82) is 0 Å². The van der Waals surface area contributed by atoms with Crippen LogP contribution >= 0.6 is 0 Å². The van der Waals surface area contributed by atoms with Gasteiger partial charge in [-0.25, -0.2) is 0 Å². The summed E-state index contributed by atoms with van der Waals surface area (Å²) in [5, 5.41) is 14.8. The van der Waals surface area contributed by atoms with Gasteiger partial charge in [0.1, 0.15) is 6.04 Å². The predicted molar refractivity (Wildman–Crippen MR) is 37.9 cm³/mol. The molecular weight excluding hydrogens is 146 g/mol. The van der Waals surface area contributed by atoms with Crippen molar-refractivity contribution in [3.63, 3.8) is 0 Å². The molecule has 1 rings (SSSR count). The standard InChI is InChI=1S/C6H9N3O2/c1-3-4(2-8-9-3)5(7)6(10)11/h2,5H,7H2,1H3,(H,8,9)(H,10,11). The number of nitrogens with zero attached hydrogens (tertiary/aromatic N) is 1. The molecule has 1 unspecified atom stereocenters. The summed E-state index contributed by atoms with van der Waals surface area (Å²) < 4.78 is 0. The van der Waals surface area contributed by atoms with Crippen LogP contribution in [0, 0.1) is 6.92 Å². The first-order valence-corrected chi connectivity index (χ1v) is 3.11. The molecule has 0 fully saturated rings. The third-order valence-electron chi connectivity index (χ3n) is 1.47. The van der Waals surface area contributed by atoms with Gasteiger partial charge in [0.25, 0.3) is 0 Å². The molecule has 0 spiro atoms. The Morgan fingerprint density at radius 2 is 2.55 bits per heavy atom. The van der Waals surface area contributed by atoms with E-state index in [-0.39, 0.29) is 0 Å². The minimum absolute atomic E-state index is 0.525. The summed E-state index contributed by atoms with van der Waals surface area (Å²) in [5.41, 5.74) is 6.54. The second kappa shape index (κ2) is 2.71. The summed E-state index contributed by atoms with van der Waals surface area (Å²) in [5.74, 6) is -1.05. The van der Waals surface area contributed by atoms with Gasteiger partial charge in [0, 0.05) is 11.3 Å². The first kappa shape index (κ1) is 7.74. The second-order valence-electron chi connectivity index (χ2n) is 2.27. The van der Waals surface area contributed by atoms with Crippen LogP contribution < -0.4 is 5.73 Å². The van der Waals surface area contributed by atoms with Crippen LogP contribution in [0.1, 0.15) is 17.3 Å². The van der Waals surface area contributed by atoms with Gasteiger partial charge in [-0.1, -0.05) is 0 Å². The minimum Gasteiger partial charge on any atom is -0.480 e. The molecule has 11 heavy (non-hydrogen) atoms. The lowest BCUT2D eigenvalue weighted by Gasteiger charge is -2.02. The number of aliphatic carboxylic acids is 1. The molecule has 1 atom stereocenters. The summed E-state index contributed by atoms with van der Waals surface area (Å²) in [6.45, 7) is 1.73. The third-order valence-corrected chi connectivity index (χ3v) is 1.47. The van der Waals surface area contributed by atoms with Crippen molar-refractivity contribution in [1.82, 2.24) is 10.2 Å². The first-order chi connectivity index (χ1) is 5.13. The molecular formula is C6H9N3O2. The molecule has 1 aromatic heterocycles. The number of rotatable bonds is 2. The maximum Gasteiger partial charge on any atom is 0.325 e. The Labute approximate surface area is 63.2 Å². The van der Waals surface area contributed by atoms with Crippen molar-refractivity contribution in [2.45, 2.75) is 13.0 Å². The zero-order valence-corrected chi connectivity index (χ0v) is 6.03. The molecule has 5 heteroatoms. The second-order valence-corrected chi connectivity index (χ2v) is 2.27. The fourth-order valence-electron chi connectivity index (χ4n) is 0.807. The van der Waals surface area contributed by atoms with Crippen LogP contribution in [0.3, 0.4) is 0 Å². The predicted octanol–water partition coefficient (Wildman–Crippen LogP) is -0.197. The van der Waals surface area contributed by atoms with Gasteiger partial charge in [-0.2, -0.15) is 5.10 Å². The number of nitrogens with two attached hydrogens (primary N) is 1. The normalized spacial score (nSPS) is 12.9. The van der Waals surface area contributed by atoms with Crippen molar-refractivity contribution in [2.75, 3.05) is 0 Å². The van der Waals surface area contributed by atoms with Crippen molar-refractivity contribution < 1.29 is 9.90 Å². The van der Waals surface area contributed by atoms with E-state index in [0.717, 1.165) is 0 Å². The summed E-state index contributed by atoms with van der Waals surface area (Å²) in [4.78, 5) is 10.4. The van der Waals surface area contributed by atoms with Gasteiger partial charge >= 0.3 is 5.97 Å². The molecule has 0 aliphatic heterocycles. The van der Waals surface area contributed by atoms with Crippen LogP contribution in [-0.2, 0) is 4.79 Å². The van der Waals surface area contributed by atoms with E-state index in [0.29, 0.717) is 11.3 Å². The number of nitrogens with one attached hydrogen (secondary N) is 1. The number of carboxylic acids is 1. The molecule has 0 radical (unpaired) electrons. The van der Waals surface area contributed by atoms with Crippen LogP contribution in [0.5, 0.6) is 0 Å². The molecule has 1 heterocycles. The Kier molecular flexibility index (Phi) is 1.91. The molecule has 0 aromatic carbocycles. The molecule has 0 bridgehead atoms. The number of aromatic amines is 1. The van der Waals surface area contributed by atoms with Crippen LogP contribution in [0.2, 0.25) is 0 Å². The number of hydrogen-bond acceptors (Lipinski definition) is 3. The molecule has 0 aliphatic carbocycles. The lowest BCUT2D eigenvalue weighted by molar-refractivity contribution is -0.138. The summed E-state index contributed by atoms with van der Waals surface area (Å²) >= 11 is 0. The third kappa shape index (κ3) is 1.38. The van der Waals surface area contributed by atoms with Crippen molar-refractivity contribution in [2.24, 2.45) is 5.73 Å². The van der Waals surface area contributed by atoms with E-state index in [1.165, 1.54) is 6.20 Å². The average Bonchev–Trinajstić information content (AvgIpc) is 2.33. The molecule has 5 nitrogen and oxygen atoms in total. The summed E-state index contributed by atoms with van der Waals surface area (Å²) in [6, 6.07) is -0.978. The zero-order chi connectivity index (χ0) is 8.43. The number of H-pyrrole nitrogens is 1. The minimum atomic E-state index is -1.05. The van der Waals surface area contributed by atoms with E-state index in [4.69, 9.17) is 10.8 Å². The van der Waals surface area contributed by atoms with Gasteiger partial charge < -0.3 is 10.8 Å². The van der Waals surface area contributed by atoms with E-state index < -0.39 is 12.0 Å². The van der Waals surface area contributed by atoms with Gasteiger partial charge in [-0.3, -0.25) is 9.89 Å². The molecule has 0 saturated carbocycles. The summed E-state index contributed by atoms with van der Waals surface area (Å²) in [7, 11) is 0. The van der Waals surface area contributed by atoms with Gasteiger partial charge in [0.15, 0.2) is 0 Å².